The molecular weight excluding hydrogens is 424 g/mol. The van der Waals surface area contributed by atoms with Gasteiger partial charge in [0, 0.05) is 10.8 Å². The van der Waals surface area contributed by atoms with E-state index in [0.717, 1.165) is 32.1 Å². The van der Waals surface area contributed by atoms with E-state index in [2.05, 4.69) is 47.6 Å². The third-order valence-electron chi connectivity index (χ3n) is 12.4. The molecule has 0 heterocycles. The lowest BCUT2D eigenvalue weighted by molar-refractivity contribution is -0.204. The number of hydrogen-bond acceptors (Lipinski definition) is 4. The van der Waals surface area contributed by atoms with Crippen LogP contribution in [-0.4, -0.2) is 44.3 Å². The molecule has 0 aliphatic heterocycles. The maximum Gasteiger partial charge on any atom is 0.0849 e. The molecule has 10 atom stereocenters. The van der Waals surface area contributed by atoms with Crippen molar-refractivity contribution in [1.82, 2.24) is 0 Å². The lowest BCUT2D eigenvalue weighted by Crippen LogP contribution is -2.64. The van der Waals surface area contributed by atoms with Gasteiger partial charge < -0.3 is 20.4 Å². The highest BCUT2D eigenvalue weighted by Gasteiger charge is 2.70. The SMILES string of the molecule is C[C@H](CC[C@@H](O)C(C)(C)O)C1CC[C@@]2(C)C3CC=C4C(CC[C@H](O)C4(C)C)[C@]3(C)C(O)C[C@]12C. The van der Waals surface area contributed by atoms with E-state index in [-0.39, 0.29) is 33.9 Å². The predicted octanol–water partition coefficient (Wildman–Crippen LogP) is 5.47. The molecule has 4 N–H and O–H groups in total. The minimum absolute atomic E-state index is 0.0603. The van der Waals surface area contributed by atoms with Gasteiger partial charge in [0.25, 0.3) is 0 Å². The fourth-order valence-corrected chi connectivity index (χ4v) is 9.64. The molecule has 0 amide bonds. The number of hydrogen-bond donors (Lipinski definition) is 4. The molecule has 4 aliphatic rings. The predicted molar refractivity (Wildman–Crippen MR) is 137 cm³/mol. The molecule has 4 rings (SSSR count). The van der Waals surface area contributed by atoms with Gasteiger partial charge in [0.05, 0.1) is 23.9 Å². The van der Waals surface area contributed by atoms with Gasteiger partial charge in [-0.05, 0) is 99.7 Å². The fourth-order valence-electron chi connectivity index (χ4n) is 9.64. The third kappa shape index (κ3) is 3.60. The summed E-state index contributed by atoms with van der Waals surface area (Å²) in [5, 5.41) is 43.3. The van der Waals surface area contributed by atoms with Crippen LogP contribution in [-0.2, 0) is 0 Å². The van der Waals surface area contributed by atoms with Crippen molar-refractivity contribution in [2.45, 2.75) is 131 Å². The second-order valence-corrected chi connectivity index (χ2v) is 14.6. The van der Waals surface area contributed by atoms with Crippen molar-refractivity contribution in [3.63, 3.8) is 0 Å². The molecule has 4 aliphatic carbocycles. The van der Waals surface area contributed by atoms with Gasteiger partial charge in [-0.15, -0.1) is 0 Å². The first-order valence-corrected chi connectivity index (χ1v) is 14.0. The largest absolute Gasteiger partial charge is 0.393 e. The summed E-state index contributed by atoms with van der Waals surface area (Å²) in [6.07, 6.45) is 8.64. The number of allylic oxidation sites excluding steroid dienone is 1. The molecule has 4 unspecified atom stereocenters. The highest BCUT2D eigenvalue weighted by Crippen LogP contribution is 2.74. The Kier molecular flexibility index (Phi) is 6.50. The van der Waals surface area contributed by atoms with E-state index in [1.165, 1.54) is 18.4 Å². The first-order valence-electron chi connectivity index (χ1n) is 14.0. The van der Waals surface area contributed by atoms with Gasteiger partial charge in [-0.25, -0.2) is 0 Å². The summed E-state index contributed by atoms with van der Waals surface area (Å²) >= 11 is 0. The quantitative estimate of drug-likeness (QED) is 0.397. The molecule has 0 aromatic heterocycles. The molecule has 3 fully saturated rings. The second kappa shape index (κ2) is 8.30. The van der Waals surface area contributed by atoms with E-state index in [1.807, 2.05) is 0 Å². The van der Waals surface area contributed by atoms with E-state index in [0.29, 0.717) is 30.1 Å². The lowest BCUT2D eigenvalue weighted by Gasteiger charge is -2.67. The number of aliphatic hydroxyl groups is 4. The molecule has 196 valence electrons. The van der Waals surface area contributed by atoms with Crippen LogP contribution in [0.3, 0.4) is 0 Å². The highest BCUT2D eigenvalue weighted by molar-refractivity contribution is 5.31. The minimum atomic E-state index is -1.07. The van der Waals surface area contributed by atoms with Crippen LogP contribution in [0.5, 0.6) is 0 Å². The van der Waals surface area contributed by atoms with Crippen LogP contribution in [0.25, 0.3) is 0 Å². The number of aliphatic hydroxyl groups excluding tert-OH is 3. The summed E-state index contributed by atoms with van der Waals surface area (Å²) in [6.45, 7) is 17.4. The van der Waals surface area contributed by atoms with Crippen molar-refractivity contribution in [1.29, 1.82) is 0 Å². The molecule has 0 aromatic rings. The zero-order chi connectivity index (χ0) is 25.5. The summed E-state index contributed by atoms with van der Waals surface area (Å²) in [6, 6.07) is 0. The van der Waals surface area contributed by atoms with Gasteiger partial charge in [0.2, 0.25) is 0 Å². The zero-order valence-electron chi connectivity index (χ0n) is 23.1. The van der Waals surface area contributed by atoms with E-state index in [9.17, 15) is 20.4 Å². The average Bonchev–Trinajstić information content (AvgIpc) is 2.99. The van der Waals surface area contributed by atoms with Gasteiger partial charge in [0.1, 0.15) is 0 Å². The Morgan fingerprint density at radius 1 is 0.971 bits per heavy atom. The standard InChI is InChI=1S/C30H52O4/c1-18(9-13-24(32)27(4,5)34)19-15-16-28(6)22-12-10-20-21(11-14-23(31)26(20,2)3)30(22,8)25(33)17-29(19,28)7/h10,18-19,21-25,31-34H,9,11-17H2,1-8H3/t18-,19?,21?,22?,23+,24-,25?,28+,29-,30+/m1/s1. The van der Waals surface area contributed by atoms with Crippen LogP contribution in [0, 0.1) is 45.3 Å². The molecule has 34 heavy (non-hydrogen) atoms. The molecule has 0 spiro atoms. The van der Waals surface area contributed by atoms with Crippen molar-refractivity contribution in [2.24, 2.45) is 45.3 Å². The molecule has 3 saturated carbocycles. The van der Waals surface area contributed by atoms with Crippen molar-refractivity contribution in [3.05, 3.63) is 11.6 Å². The van der Waals surface area contributed by atoms with E-state index < -0.39 is 11.7 Å². The van der Waals surface area contributed by atoms with Crippen LogP contribution in [0.4, 0.5) is 0 Å². The van der Waals surface area contributed by atoms with Gasteiger partial charge in [-0.2, -0.15) is 0 Å². The first kappa shape index (κ1) is 26.6. The van der Waals surface area contributed by atoms with E-state index in [4.69, 9.17) is 0 Å². The molecule has 4 nitrogen and oxygen atoms in total. The Labute approximate surface area is 208 Å². The normalized spacial score (nSPS) is 47.8. The van der Waals surface area contributed by atoms with Gasteiger partial charge in [0.15, 0.2) is 0 Å². The molecule has 0 saturated heterocycles. The smallest absolute Gasteiger partial charge is 0.0849 e. The maximum atomic E-state index is 11.9. The summed E-state index contributed by atoms with van der Waals surface area (Å²) in [5.74, 6) is 1.74. The average molecular weight is 477 g/mol. The topological polar surface area (TPSA) is 80.9 Å². The molecule has 0 radical (unpaired) electrons. The Morgan fingerprint density at radius 2 is 1.62 bits per heavy atom. The number of rotatable bonds is 5. The van der Waals surface area contributed by atoms with Crippen molar-refractivity contribution < 1.29 is 20.4 Å². The third-order valence-corrected chi connectivity index (χ3v) is 12.4. The van der Waals surface area contributed by atoms with Gasteiger partial charge in [-0.3, -0.25) is 0 Å². The molecule has 0 bridgehead atoms. The van der Waals surface area contributed by atoms with Crippen molar-refractivity contribution in [2.75, 3.05) is 0 Å². The Bertz CT molecular complexity index is 811. The summed E-state index contributed by atoms with van der Waals surface area (Å²) in [5.41, 5.74) is 0.184. The lowest BCUT2D eigenvalue weighted by atomic mass is 9.38. The van der Waals surface area contributed by atoms with Crippen LogP contribution in [0.1, 0.15) is 107 Å². The van der Waals surface area contributed by atoms with Crippen LogP contribution in [0.15, 0.2) is 11.6 Å². The Balaban J connectivity index is 1.63. The second-order valence-electron chi connectivity index (χ2n) is 14.6. The van der Waals surface area contributed by atoms with Crippen LogP contribution in [0.2, 0.25) is 0 Å². The van der Waals surface area contributed by atoms with Crippen molar-refractivity contribution >= 4 is 0 Å². The van der Waals surface area contributed by atoms with E-state index in [1.54, 1.807) is 13.8 Å². The summed E-state index contributed by atoms with van der Waals surface area (Å²) in [7, 11) is 0. The van der Waals surface area contributed by atoms with Gasteiger partial charge in [-0.1, -0.05) is 53.2 Å². The monoisotopic (exact) mass is 476 g/mol. The van der Waals surface area contributed by atoms with E-state index >= 15 is 0 Å². The highest BCUT2D eigenvalue weighted by atomic mass is 16.3. The molecule has 4 heteroatoms. The minimum Gasteiger partial charge on any atom is -0.393 e. The summed E-state index contributed by atoms with van der Waals surface area (Å²) in [4.78, 5) is 0. The van der Waals surface area contributed by atoms with Crippen molar-refractivity contribution in [3.8, 4) is 0 Å². The summed E-state index contributed by atoms with van der Waals surface area (Å²) < 4.78 is 0. The first-order chi connectivity index (χ1) is 15.5. The van der Waals surface area contributed by atoms with Crippen LogP contribution < -0.4 is 0 Å². The Hall–Kier alpha value is -0.420. The molecule has 0 aromatic carbocycles. The van der Waals surface area contributed by atoms with Crippen LogP contribution >= 0.6 is 0 Å². The Morgan fingerprint density at radius 3 is 2.24 bits per heavy atom. The number of fused-ring (bicyclic) bond motifs is 5. The van der Waals surface area contributed by atoms with Gasteiger partial charge >= 0.3 is 0 Å². The zero-order valence-corrected chi connectivity index (χ0v) is 23.1. The molecular formula is C30H52O4. The fraction of sp³-hybridized carbons (Fsp3) is 0.933. The maximum absolute atomic E-state index is 11.9.